The summed E-state index contributed by atoms with van der Waals surface area (Å²) in [6.07, 6.45) is 0.740. The van der Waals surface area contributed by atoms with Gasteiger partial charge in [0.2, 0.25) is 0 Å². The first-order valence-corrected chi connectivity index (χ1v) is 7.13. The van der Waals surface area contributed by atoms with E-state index in [1.165, 1.54) is 5.56 Å². The highest BCUT2D eigenvalue weighted by molar-refractivity contribution is 9.10. The van der Waals surface area contributed by atoms with Crippen LogP contribution in [0.4, 0.5) is 5.69 Å². The number of aliphatic hydroxyl groups is 1. The van der Waals surface area contributed by atoms with E-state index in [2.05, 4.69) is 27.3 Å². The Morgan fingerprint density at radius 3 is 2.55 bits per heavy atom. The molecule has 0 bridgehead atoms. The molecule has 0 spiro atoms. The molecule has 0 aromatic heterocycles. The Labute approximate surface area is 127 Å². The average molecular weight is 331 g/mol. The van der Waals surface area contributed by atoms with E-state index in [1.54, 1.807) is 12.1 Å². The smallest absolute Gasteiger partial charge is 0.0992 e. The fourth-order valence-corrected chi connectivity index (χ4v) is 2.47. The van der Waals surface area contributed by atoms with Crippen molar-refractivity contribution < 1.29 is 5.11 Å². The van der Waals surface area contributed by atoms with Crippen LogP contribution in [-0.2, 0) is 6.42 Å². The maximum atomic E-state index is 9.51. The number of anilines is 1. The van der Waals surface area contributed by atoms with Gasteiger partial charge in [0.15, 0.2) is 0 Å². The van der Waals surface area contributed by atoms with Gasteiger partial charge in [0.25, 0.3) is 0 Å². The third kappa shape index (κ3) is 3.83. The Morgan fingerprint density at radius 2 is 1.95 bits per heavy atom. The van der Waals surface area contributed by atoms with Crippen LogP contribution in [0.2, 0.25) is 0 Å². The van der Waals surface area contributed by atoms with Gasteiger partial charge in [-0.2, -0.15) is 5.26 Å². The third-order valence-corrected chi connectivity index (χ3v) is 3.66. The second-order valence-electron chi connectivity index (χ2n) is 4.52. The average Bonchev–Trinajstić information content (AvgIpc) is 2.49. The maximum absolute atomic E-state index is 9.51. The minimum Gasteiger partial charge on any atom is -0.394 e. The fourth-order valence-electron chi connectivity index (χ4n) is 1.98. The quantitative estimate of drug-likeness (QED) is 0.884. The van der Waals surface area contributed by atoms with Crippen molar-refractivity contribution >= 4 is 21.6 Å². The van der Waals surface area contributed by atoms with Crippen LogP contribution in [0.25, 0.3) is 0 Å². The Balaban J connectivity index is 2.09. The van der Waals surface area contributed by atoms with Gasteiger partial charge in [-0.05, 0) is 46.1 Å². The van der Waals surface area contributed by atoms with E-state index in [1.807, 2.05) is 36.4 Å². The molecule has 1 unspecified atom stereocenters. The summed E-state index contributed by atoms with van der Waals surface area (Å²) in [5.41, 5.74) is 2.65. The van der Waals surface area contributed by atoms with Crippen molar-refractivity contribution in [2.75, 3.05) is 11.9 Å². The molecule has 3 nitrogen and oxygen atoms in total. The third-order valence-electron chi connectivity index (χ3n) is 3.00. The van der Waals surface area contributed by atoms with E-state index in [9.17, 15) is 5.11 Å². The summed E-state index contributed by atoms with van der Waals surface area (Å²) < 4.78 is 0.822. The molecule has 0 fully saturated rings. The van der Waals surface area contributed by atoms with Crippen LogP contribution in [-0.4, -0.2) is 17.8 Å². The van der Waals surface area contributed by atoms with E-state index < -0.39 is 0 Å². The van der Waals surface area contributed by atoms with Gasteiger partial charge in [-0.25, -0.2) is 0 Å². The number of hydrogen-bond donors (Lipinski definition) is 2. The van der Waals surface area contributed by atoms with Crippen molar-refractivity contribution in [3.8, 4) is 6.07 Å². The standard InChI is InChI=1S/C16H15BrN2O/c17-15-9-13(10-18)6-7-16(15)19-14(11-20)8-12-4-2-1-3-5-12/h1-7,9,14,19-20H,8,11H2. The van der Waals surface area contributed by atoms with Crippen molar-refractivity contribution in [3.05, 3.63) is 64.1 Å². The number of nitrogens with one attached hydrogen (secondary N) is 1. The molecule has 0 amide bonds. The molecule has 102 valence electrons. The first kappa shape index (κ1) is 14.6. The molecule has 0 aliphatic heterocycles. The first-order valence-electron chi connectivity index (χ1n) is 6.34. The van der Waals surface area contributed by atoms with Crippen LogP contribution in [0, 0.1) is 11.3 Å². The van der Waals surface area contributed by atoms with Gasteiger partial charge in [0.1, 0.15) is 0 Å². The van der Waals surface area contributed by atoms with Crippen molar-refractivity contribution in [1.29, 1.82) is 5.26 Å². The van der Waals surface area contributed by atoms with E-state index in [4.69, 9.17) is 5.26 Å². The predicted octanol–water partition coefficient (Wildman–Crippen LogP) is 3.34. The molecule has 2 aromatic carbocycles. The lowest BCUT2D eigenvalue weighted by molar-refractivity contribution is 0.273. The molecule has 1 atom stereocenters. The second-order valence-corrected chi connectivity index (χ2v) is 5.37. The maximum Gasteiger partial charge on any atom is 0.0992 e. The van der Waals surface area contributed by atoms with Gasteiger partial charge in [-0.3, -0.25) is 0 Å². The molecule has 2 N–H and O–H groups in total. The van der Waals surface area contributed by atoms with Crippen molar-refractivity contribution in [2.45, 2.75) is 12.5 Å². The Kier molecular flexibility index (Phi) is 5.16. The number of nitriles is 1. The van der Waals surface area contributed by atoms with Crippen LogP contribution in [0.5, 0.6) is 0 Å². The van der Waals surface area contributed by atoms with E-state index in [0.717, 1.165) is 16.6 Å². The van der Waals surface area contributed by atoms with Gasteiger partial charge in [-0.1, -0.05) is 30.3 Å². The van der Waals surface area contributed by atoms with Gasteiger partial charge >= 0.3 is 0 Å². The van der Waals surface area contributed by atoms with Crippen molar-refractivity contribution in [3.63, 3.8) is 0 Å². The van der Waals surface area contributed by atoms with E-state index in [-0.39, 0.29) is 12.6 Å². The monoisotopic (exact) mass is 330 g/mol. The zero-order valence-electron chi connectivity index (χ0n) is 10.9. The Hall–Kier alpha value is -1.83. The molecule has 0 heterocycles. The second kappa shape index (κ2) is 7.09. The number of hydrogen-bond acceptors (Lipinski definition) is 3. The lowest BCUT2D eigenvalue weighted by Crippen LogP contribution is -2.26. The first-order chi connectivity index (χ1) is 9.72. The van der Waals surface area contributed by atoms with Crippen LogP contribution >= 0.6 is 15.9 Å². The molecular weight excluding hydrogens is 316 g/mol. The Bertz CT molecular complexity index is 608. The molecule has 0 saturated heterocycles. The van der Waals surface area contributed by atoms with E-state index >= 15 is 0 Å². The number of rotatable bonds is 5. The van der Waals surface area contributed by atoms with Crippen LogP contribution in [0.3, 0.4) is 0 Å². The van der Waals surface area contributed by atoms with Crippen molar-refractivity contribution in [2.24, 2.45) is 0 Å². The van der Waals surface area contributed by atoms with Gasteiger partial charge in [0.05, 0.1) is 24.3 Å². The van der Waals surface area contributed by atoms with Crippen LogP contribution in [0.15, 0.2) is 53.0 Å². The molecule has 2 rings (SSSR count). The number of halogens is 1. The molecular formula is C16H15BrN2O. The van der Waals surface area contributed by atoms with Crippen LogP contribution in [0.1, 0.15) is 11.1 Å². The van der Waals surface area contributed by atoms with Gasteiger partial charge in [-0.15, -0.1) is 0 Å². The summed E-state index contributed by atoms with van der Waals surface area (Å²) in [7, 11) is 0. The summed E-state index contributed by atoms with van der Waals surface area (Å²) in [6, 6.07) is 17.4. The number of benzene rings is 2. The minimum absolute atomic E-state index is 0.0430. The lowest BCUT2D eigenvalue weighted by Gasteiger charge is -2.18. The number of aliphatic hydroxyl groups excluding tert-OH is 1. The topological polar surface area (TPSA) is 56.0 Å². The highest BCUT2D eigenvalue weighted by Gasteiger charge is 2.10. The molecule has 0 aliphatic carbocycles. The predicted molar refractivity (Wildman–Crippen MR) is 83.5 cm³/mol. The summed E-state index contributed by atoms with van der Waals surface area (Å²) in [5, 5.41) is 21.6. The fraction of sp³-hybridized carbons (Fsp3) is 0.188. The molecule has 0 aliphatic rings. The summed E-state index contributed by atoms with van der Waals surface area (Å²) in [5.74, 6) is 0. The number of nitrogens with zero attached hydrogens (tertiary/aromatic N) is 1. The summed E-state index contributed by atoms with van der Waals surface area (Å²) in [4.78, 5) is 0. The zero-order chi connectivity index (χ0) is 14.4. The highest BCUT2D eigenvalue weighted by Crippen LogP contribution is 2.24. The molecule has 2 aromatic rings. The molecule has 20 heavy (non-hydrogen) atoms. The van der Waals surface area contributed by atoms with E-state index in [0.29, 0.717) is 5.56 Å². The molecule has 0 radical (unpaired) electrons. The Morgan fingerprint density at radius 1 is 1.20 bits per heavy atom. The molecule has 4 heteroatoms. The highest BCUT2D eigenvalue weighted by atomic mass is 79.9. The lowest BCUT2D eigenvalue weighted by atomic mass is 10.1. The van der Waals surface area contributed by atoms with Gasteiger partial charge < -0.3 is 10.4 Å². The summed E-state index contributed by atoms with van der Waals surface area (Å²) >= 11 is 3.44. The SMILES string of the molecule is N#Cc1ccc(NC(CO)Cc2ccccc2)c(Br)c1. The summed E-state index contributed by atoms with van der Waals surface area (Å²) in [6.45, 7) is 0.0430. The molecule has 0 saturated carbocycles. The van der Waals surface area contributed by atoms with Gasteiger partial charge in [0, 0.05) is 10.2 Å². The van der Waals surface area contributed by atoms with Crippen molar-refractivity contribution in [1.82, 2.24) is 0 Å². The minimum atomic E-state index is -0.0679. The zero-order valence-corrected chi connectivity index (χ0v) is 12.5. The largest absolute Gasteiger partial charge is 0.394 e. The van der Waals surface area contributed by atoms with Crippen LogP contribution < -0.4 is 5.32 Å². The normalized spacial score (nSPS) is 11.7.